The molecule has 0 saturated carbocycles. The summed E-state index contributed by atoms with van der Waals surface area (Å²) in [7, 11) is 0. The maximum Gasteiger partial charge on any atom is -0.0126 e. The minimum absolute atomic E-state index is 0. The van der Waals surface area contributed by atoms with Crippen LogP contribution < -0.4 is 24.8 Å². The van der Waals surface area contributed by atoms with Gasteiger partial charge in [0.15, 0.2) is 0 Å². The zero-order chi connectivity index (χ0) is 35.2. The first kappa shape index (κ1) is 43.7. The van der Waals surface area contributed by atoms with E-state index in [9.17, 15) is 0 Å². The van der Waals surface area contributed by atoms with Crippen molar-refractivity contribution < 1.29 is 49.0 Å². The Hall–Kier alpha value is -2.44. The molecule has 264 valence electrons. The second-order valence-electron chi connectivity index (χ2n) is 15.7. The van der Waals surface area contributed by atoms with Crippen LogP contribution in [0.4, 0.5) is 0 Å². The zero-order valence-electron chi connectivity index (χ0n) is 32.2. The van der Waals surface area contributed by atoms with Crippen LogP contribution in [0.1, 0.15) is 112 Å². The molecule has 0 unspecified atom stereocenters. The zero-order valence-corrected chi connectivity index (χ0v) is 36.2. The van der Waals surface area contributed by atoms with Gasteiger partial charge < -0.3 is 24.8 Å². The van der Waals surface area contributed by atoms with Crippen LogP contribution in [0.2, 0.25) is 0 Å². The first-order chi connectivity index (χ1) is 22.6. The Bertz CT molecular complexity index is 1670. The van der Waals surface area contributed by atoms with Gasteiger partial charge in [0.2, 0.25) is 0 Å². The van der Waals surface area contributed by atoms with Crippen LogP contribution >= 0.6 is 0 Å². The van der Waals surface area contributed by atoms with Crippen LogP contribution in [0.15, 0.2) is 84.9 Å². The largest absolute Gasteiger partial charge is 1.00 e. The second-order valence-corrected chi connectivity index (χ2v) is 16.7. The summed E-state index contributed by atoms with van der Waals surface area (Å²) < 4.78 is 2.30. The molecule has 0 fully saturated rings. The fraction of sp³-hybridized carbons (Fsp3) is 0.362. The van der Waals surface area contributed by atoms with Crippen LogP contribution in [-0.4, -0.2) is 3.71 Å². The van der Waals surface area contributed by atoms with Crippen molar-refractivity contribution in [3.63, 3.8) is 0 Å². The van der Waals surface area contributed by atoms with Gasteiger partial charge in [-0.1, -0.05) is 129 Å². The molecule has 0 spiro atoms. The number of rotatable bonds is 5. The van der Waals surface area contributed by atoms with Crippen LogP contribution in [0, 0.1) is 33.8 Å². The molecular formula is C47H56Cl2Zr-2. The Morgan fingerprint density at radius 3 is 1.58 bits per heavy atom. The molecule has 0 aliphatic heterocycles. The number of aryl methyl sites for hydroxylation is 4. The third-order valence-electron chi connectivity index (χ3n) is 8.98. The topological polar surface area (TPSA) is 0 Å². The number of unbranched alkanes of at least 4 members (excludes halogenated alkanes) is 2. The molecule has 0 N–H and O–H groups in total. The molecule has 0 heterocycles. The predicted octanol–water partition coefficient (Wildman–Crippen LogP) is 7.16. The molecule has 5 aromatic rings. The smallest absolute Gasteiger partial charge is 0.0126 e. The molecule has 6 rings (SSSR count). The van der Waals surface area contributed by atoms with Crippen LogP contribution in [0.25, 0.3) is 33.4 Å². The van der Waals surface area contributed by atoms with Crippen molar-refractivity contribution in [2.24, 2.45) is 0 Å². The number of hydrogen-bond donors (Lipinski definition) is 0. The second kappa shape index (κ2) is 18.9. The molecule has 50 heavy (non-hydrogen) atoms. The molecule has 1 aliphatic carbocycles. The summed E-state index contributed by atoms with van der Waals surface area (Å²) in [5.41, 5.74) is 18.9. The van der Waals surface area contributed by atoms with Gasteiger partial charge in [0.25, 0.3) is 0 Å². The predicted molar refractivity (Wildman–Crippen MR) is 208 cm³/mol. The van der Waals surface area contributed by atoms with Gasteiger partial charge in [0, 0.05) is 0 Å². The summed E-state index contributed by atoms with van der Waals surface area (Å²) in [5, 5.41) is 0. The van der Waals surface area contributed by atoms with Gasteiger partial charge in [-0.25, -0.2) is 12.1 Å². The van der Waals surface area contributed by atoms with Crippen molar-refractivity contribution in [2.45, 2.75) is 113 Å². The summed E-state index contributed by atoms with van der Waals surface area (Å²) in [6.45, 7) is 25.0. The van der Waals surface area contributed by atoms with Gasteiger partial charge in [0.05, 0.1) is 0 Å². The minimum Gasteiger partial charge on any atom is -1.00 e. The van der Waals surface area contributed by atoms with E-state index in [0.29, 0.717) is 0 Å². The molecule has 1 aliphatic rings. The van der Waals surface area contributed by atoms with E-state index in [0.717, 1.165) is 6.42 Å². The van der Waals surface area contributed by atoms with Crippen molar-refractivity contribution in [3.05, 3.63) is 136 Å². The molecule has 3 heteroatoms. The SMILES string of the molecule is CCCC[CH]=[Zr+2].Cc1cc(C)cc(-c2[c-]c3c(cc2C(C)(C)C)-c2cc(C(C)(C)C)c(-c4cc(C)cc(C)c4)cc2C3)c1.[Cl-].[Cl-].c1cc[cH-]c1. The summed E-state index contributed by atoms with van der Waals surface area (Å²) >= 11 is 1.57. The van der Waals surface area contributed by atoms with Gasteiger partial charge in [-0.05, 0) is 67.2 Å². The Kier molecular flexibility index (Phi) is 16.5. The third kappa shape index (κ3) is 11.3. The van der Waals surface area contributed by atoms with Gasteiger partial charge in [0.1, 0.15) is 0 Å². The summed E-state index contributed by atoms with van der Waals surface area (Å²) in [5.74, 6) is 0. The minimum atomic E-state index is 0. The fourth-order valence-electron chi connectivity index (χ4n) is 6.76. The Morgan fingerprint density at radius 1 is 0.660 bits per heavy atom. The number of fused-ring (bicyclic) bond motifs is 3. The molecule has 0 amide bonds. The molecule has 0 nitrogen and oxygen atoms in total. The van der Waals surface area contributed by atoms with Crippen molar-refractivity contribution in [1.29, 1.82) is 0 Å². The van der Waals surface area contributed by atoms with Gasteiger partial charge in [-0.3, -0.25) is 0 Å². The Morgan fingerprint density at radius 2 is 1.16 bits per heavy atom. The van der Waals surface area contributed by atoms with Crippen molar-refractivity contribution in [3.8, 4) is 33.4 Å². The van der Waals surface area contributed by atoms with E-state index in [1.807, 2.05) is 30.3 Å². The molecular weight excluding hydrogens is 727 g/mol. The van der Waals surface area contributed by atoms with E-state index in [2.05, 4.69) is 141 Å². The van der Waals surface area contributed by atoms with Crippen LogP contribution in [-0.2, 0) is 41.5 Å². The summed E-state index contributed by atoms with van der Waals surface area (Å²) in [4.78, 5) is 0. The monoisotopic (exact) mass is 780 g/mol. The van der Waals surface area contributed by atoms with Gasteiger partial charge >= 0.3 is 54.1 Å². The maximum absolute atomic E-state index is 3.95. The molecule has 0 bridgehead atoms. The summed E-state index contributed by atoms with van der Waals surface area (Å²) in [6.07, 6.45) is 4.99. The maximum atomic E-state index is 3.95. The average Bonchev–Trinajstić information content (AvgIpc) is 3.69. The van der Waals surface area contributed by atoms with Crippen LogP contribution in [0.5, 0.6) is 0 Å². The Labute approximate surface area is 332 Å². The van der Waals surface area contributed by atoms with E-state index in [-0.39, 0.29) is 35.6 Å². The average molecular weight is 783 g/mol. The molecule has 0 saturated heterocycles. The van der Waals surface area contributed by atoms with Crippen molar-refractivity contribution in [2.75, 3.05) is 0 Å². The molecule has 0 aromatic heterocycles. The van der Waals surface area contributed by atoms with Crippen molar-refractivity contribution in [1.82, 2.24) is 0 Å². The van der Waals surface area contributed by atoms with Gasteiger partial charge in [-0.2, -0.15) is 18.2 Å². The first-order valence-electron chi connectivity index (χ1n) is 17.7. The molecule has 5 aromatic carbocycles. The van der Waals surface area contributed by atoms with Crippen LogP contribution in [0.3, 0.4) is 0 Å². The standard InChI is InChI=1S/C37H41.C5H5.C5H10.2ClH.Zr/c1-22-11-23(2)14-26(13-22)32-18-28-17-29-19-33(27-15-24(3)12-25(4)16-27)35(37(8,9)10)21-31(29)30(28)20-34(32)36(5,6)7;1-2-4-5-3-1;1-3-5-4-2;;;/h11-16,18,20-21H,17H2,1-10H3;1-5H;1H,3-5H2,2H3;2*1H;/q2*-1;;;;+2/p-2. The molecule has 0 radical (unpaired) electrons. The number of benzene rings is 4. The first-order valence-corrected chi connectivity index (χ1v) is 19.1. The number of hydrogen-bond acceptors (Lipinski definition) is 0. The normalized spacial score (nSPS) is 11.5. The number of halogens is 2. The van der Waals surface area contributed by atoms with E-state index >= 15 is 0 Å². The third-order valence-corrected chi connectivity index (χ3v) is 9.69. The quantitative estimate of drug-likeness (QED) is 0.129. The summed E-state index contributed by atoms with van der Waals surface area (Å²) in [6, 6.07) is 35.2. The Balaban J connectivity index is 0.000000574. The molecule has 0 atom stereocenters. The van der Waals surface area contributed by atoms with Crippen molar-refractivity contribution >= 4 is 3.71 Å². The van der Waals surface area contributed by atoms with E-state index < -0.39 is 0 Å². The van der Waals surface area contributed by atoms with E-state index in [4.69, 9.17) is 0 Å². The van der Waals surface area contributed by atoms with Gasteiger partial charge in [-0.15, -0.1) is 28.8 Å². The van der Waals surface area contributed by atoms with E-state index in [1.165, 1.54) is 97.2 Å². The van der Waals surface area contributed by atoms with E-state index in [1.54, 1.807) is 24.2 Å². The fourth-order valence-corrected chi connectivity index (χ4v) is 7.26.